The van der Waals surface area contributed by atoms with Gasteiger partial charge in [-0.15, -0.1) is 0 Å². The van der Waals surface area contributed by atoms with Crippen LogP contribution in [-0.4, -0.2) is 317 Å². The van der Waals surface area contributed by atoms with Crippen LogP contribution in [0, 0.1) is 10.8 Å². The van der Waals surface area contributed by atoms with Gasteiger partial charge < -0.3 is 92.8 Å². The molecule has 16 N–H and O–H groups in total. The van der Waals surface area contributed by atoms with Crippen LogP contribution in [-0.2, 0) is 47.7 Å². The molecule has 1 aromatic rings. The Morgan fingerprint density at radius 2 is 0.798 bits per heavy atom. The standard InChI is InChI=1S/C59H97N17O16S2/c60-57-69-43-38-93-45(53(43)71-57)5-1-3-7-47(77)62-9-23-89-26-12-65-55(86)40-31-41(56(87)66-13-27-90-24-10-63-48(78)8-4-2-6-46-54-44(39-94-46)70-58(61)72-54)33-42(32-40)68-59(88)67-14-28-92-30-29-91-25-11-64-49(79)34-73-15-17-74(35-50(80)81)19-21-76(37-52(84)85)22-20-75(18-16-73)36-51(82)83/h31-33,43-46,53-54H,1-30,34-39H2,(H,62,77)(H,63,78)(H,64,79)(H,65,86)(H,66,87)(H,80,81)(H,82,83)(H,84,85)(H3,60,69,71)(H3,61,70,72)(H2,67,68,88)/t43-,44-,45-,46-,53-,54-/m0/s1. The number of urea groups is 1. The van der Waals surface area contributed by atoms with E-state index in [2.05, 4.69) is 58.5 Å². The molecule has 0 bridgehead atoms. The van der Waals surface area contributed by atoms with Crippen molar-refractivity contribution in [3.8, 4) is 0 Å². The topological polar surface area (TPSA) is 444 Å². The fourth-order valence-corrected chi connectivity index (χ4v) is 14.3. The SMILES string of the molecule is N=C1N[C@H]2[C@H](CS[C@H]2CCCCC(=O)NCCOCCNC(=O)c2cc(NC(=O)NCCOCCOCCNC(=O)CN3CCN(CC(=O)O)CCN(CC(=O)O)CCN(CC(=O)O)CC3)cc(C(=O)NCCOCCNC(=O)CCCC[C@@H]3SC[C@@H]4NC(=N)N[C@@H]43)c2)N1. The quantitative estimate of drug-likeness (QED) is 0.0295. The highest BCUT2D eigenvalue weighted by molar-refractivity contribution is 8.00. The molecule has 0 unspecified atom stereocenters. The monoisotopic (exact) mass is 1360 g/mol. The molecule has 526 valence electrons. The van der Waals surface area contributed by atoms with Crippen molar-refractivity contribution in [3.63, 3.8) is 0 Å². The van der Waals surface area contributed by atoms with Gasteiger partial charge in [-0.05, 0) is 43.9 Å². The van der Waals surface area contributed by atoms with Gasteiger partial charge in [0.2, 0.25) is 17.7 Å². The molecule has 0 radical (unpaired) electrons. The van der Waals surface area contributed by atoms with Crippen LogP contribution in [0.4, 0.5) is 10.5 Å². The first-order valence-electron chi connectivity index (χ1n) is 32.3. The number of ether oxygens (including phenoxy) is 4. The predicted octanol–water partition coefficient (Wildman–Crippen LogP) is -2.76. The first kappa shape index (κ1) is 76.2. The first-order valence-corrected chi connectivity index (χ1v) is 34.4. The van der Waals surface area contributed by atoms with E-state index in [0.29, 0.717) is 61.4 Å². The zero-order chi connectivity index (χ0) is 67.5. The molecule has 5 aliphatic heterocycles. The number of carboxylic acid groups (broad SMARTS) is 3. The summed E-state index contributed by atoms with van der Waals surface area (Å²) < 4.78 is 22.5. The van der Waals surface area contributed by atoms with Crippen molar-refractivity contribution < 1.29 is 77.4 Å². The highest BCUT2D eigenvalue weighted by Gasteiger charge is 2.42. The molecule has 0 spiro atoms. The summed E-state index contributed by atoms with van der Waals surface area (Å²) in [5.41, 5.74) is 0.315. The lowest BCUT2D eigenvalue weighted by atomic mass is 10.0. The number of amides is 7. The number of hydrogen-bond acceptors (Lipinski definition) is 21. The van der Waals surface area contributed by atoms with Gasteiger partial charge in [0.05, 0.1) is 103 Å². The summed E-state index contributed by atoms with van der Waals surface area (Å²) >= 11 is 3.79. The number of nitrogens with zero attached hydrogens (tertiary/aromatic N) is 4. The minimum Gasteiger partial charge on any atom is -0.480 e. The van der Waals surface area contributed by atoms with E-state index in [1.165, 1.54) is 18.2 Å². The number of anilines is 1. The maximum absolute atomic E-state index is 13.5. The third-order valence-corrected chi connectivity index (χ3v) is 19.0. The van der Waals surface area contributed by atoms with Gasteiger partial charge >= 0.3 is 23.9 Å². The van der Waals surface area contributed by atoms with E-state index in [0.717, 1.165) is 50.0 Å². The van der Waals surface area contributed by atoms with Crippen LogP contribution in [0.1, 0.15) is 72.1 Å². The summed E-state index contributed by atoms with van der Waals surface area (Å²) in [7, 11) is 0. The lowest BCUT2D eigenvalue weighted by molar-refractivity contribution is -0.140. The Kier molecular flexibility index (Phi) is 34.5. The smallest absolute Gasteiger partial charge is 0.319 e. The van der Waals surface area contributed by atoms with Crippen molar-refractivity contribution >= 4 is 94.6 Å². The number of carbonyl (C=O) groups is 9. The number of carboxylic acids is 3. The van der Waals surface area contributed by atoms with E-state index in [1.807, 2.05) is 28.4 Å². The Balaban J connectivity index is 0.861. The molecule has 0 aliphatic carbocycles. The van der Waals surface area contributed by atoms with Crippen molar-refractivity contribution in [2.75, 3.05) is 187 Å². The molecule has 5 heterocycles. The van der Waals surface area contributed by atoms with Crippen LogP contribution in [0.25, 0.3) is 0 Å². The van der Waals surface area contributed by atoms with Gasteiger partial charge in [-0.2, -0.15) is 23.5 Å². The molecular weight excluding hydrogens is 1270 g/mol. The van der Waals surface area contributed by atoms with E-state index in [9.17, 15) is 58.5 Å². The predicted molar refractivity (Wildman–Crippen MR) is 352 cm³/mol. The molecule has 6 rings (SSSR count). The molecule has 0 aromatic heterocycles. The van der Waals surface area contributed by atoms with Gasteiger partial charge in [-0.3, -0.25) is 68.8 Å². The summed E-state index contributed by atoms with van der Waals surface area (Å²) in [6.45, 7) is 3.70. The Bertz CT molecular complexity index is 2520. The largest absolute Gasteiger partial charge is 0.480 e. The van der Waals surface area contributed by atoms with Crippen molar-refractivity contribution in [3.05, 3.63) is 29.3 Å². The molecule has 5 aliphatic rings. The van der Waals surface area contributed by atoms with Crippen molar-refractivity contribution in [1.82, 2.24) is 72.8 Å². The van der Waals surface area contributed by atoms with E-state index in [-0.39, 0.29) is 203 Å². The van der Waals surface area contributed by atoms with Gasteiger partial charge in [-0.1, -0.05) is 12.8 Å². The third-order valence-electron chi connectivity index (χ3n) is 16.0. The molecule has 1 aromatic carbocycles. The lowest BCUT2D eigenvalue weighted by Crippen LogP contribution is -2.50. The molecule has 5 fully saturated rings. The van der Waals surface area contributed by atoms with E-state index < -0.39 is 35.8 Å². The highest BCUT2D eigenvalue weighted by Crippen LogP contribution is 2.34. The Hall–Kier alpha value is -6.83. The summed E-state index contributed by atoms with van der Waals surface area (Å²) in [5, 5.41) is 77.0. The number of benzene rings is 1. The Labute approximate surface area is 556 Å². The first-order chi connectivity index (χ1) is 45.4. The third kappa shape index (κ3) is 29.9. The summed E-state index contributed by atoms with van der Waals surface area (Å²) in [6, 6.07) is 4.69. The maximum Gasteiger partial charge on any atom is 0.319 e. The van der Waals surface area contributed by atoms with E-state index in [1.54, 1.807) is 14.7 Å². The molecule has 94 heavy (non-hydrogen) atoms. The van der Waals surface area contributed by atoms with Gasteiger partial charge in [-0.25, -0.2) is 4.79 Å². The zero-order valence-corrected chi connectivity index (χ0v) is 55.0. The number of fused-ring (bicyclic) bond motifs is 2. The normalized spacial score (nSPS) is 21.0. The number of nitrogens with one attached hydrogen (secondary N) is 13. The Morgan fingerprint density at radius 3 is 1.19 bits per heavy atom. The fraction of sp³-hybridized carbons (Fsp3) is 0.712. The summed E-state index contributed by atoms with van der Waals surface area (Å²) in [4.78, 5) is 119. The van der Waals surface area contributed by atoms with Gasteiger partial charge in [0, 0.05) is 143 Å². The van der Waals surface area contributed by atoms with Crippen molar-refractivity contribution in [1.29, 1.82) is 10.8 Å². The minimum absolute atomic E-state index is 0.0423. The maximum atomic E-state index is 13.5. The molecular formula is C59H97N17O16S2. The second-order valence-electron chi connectivity index (χ2n) is 23.3. The molecule has 35 heteroatoms. The molecule has 0 saturated carbocycles. The van der Waals surface area contributed by atoms with Gasteiger partial charge in [0.15, 0.2) is 11.9 Å². The zero-order valence-electron chi connectivity index (χ0n) is 53.4. The molecule has 7 amide bonds. The summed E-state index contributed by atoms with van der Waals surface area (Å²) in [6.07, 6.45) is 6.07. The Morgan fingerprint density at radius 1 is 0.447 bits per heavy atom. The van der Waals surface area contributed by atoms with Crippen molar-refractivity contribution in [2.45, 2.75) is 86.0 Å². The van der Waals surface area contributed by atoms with Gasteiger partial charge in [0.25, 0.3) is 11.8 Å². The van der Waals surface area contributed by atoms with Gasteiger partial charge in [0.1, 0.15) is 0 Å². The second-order valence-corrected chi connectivity index (χ2v) is 25.8. The molecule has 5 saturated heterocycles. The minimum atomic E-state index is -1.05. The average molecular weight is 1360 g/mol. The molecule has 6 atom stereocenters. The van der Waals surface area contributed by atoms with Crippen LogP contribution in [0.2, 0.25) is 0 Å². The number of thioether (sulfide) groups is 2. The van der Waals surface area contributed by atoms with Crippen LogP contribution in [0.3, 0.4) is 0 Å². The lowest BCUT2D eigenvalue weighted by Gasteiger charge is -2.32. The second kappa shape index (κ2) is 42.6. The fourth-order valence-electron chi connectivity index (χ4n) is 11.2. The van der Waals surface area contributed by atoms with Crippen LogP contribution >= 0.6 is 23.5 Å². The number of unbranched alkanes of at least 4 members (excludes halogenated alkanes) is 2. The average Bonchev–Trinajstić information content (AvgIpc) is 1.64. The van der Waals surface area contributed by atoms with Crippen molar-refractivity contribution in [2.24, 2.45) is 0 Å². The highest BCUT2D eigenvalue weighted by atomic mass is 32.2. The number of carbonyl (C=O) groups excluding carboxylic acids is 6. The number of guanidine groups is 2. The summed E-state index contributed by atoms with van der Waals surface area (Å²) in [5.74, 6) is -1.99. The number of rotatable bonds is 42. The van der Waals surface area contributed by atoms with E-state index in [4.69, 9.17) is 29.8 Å². The number of hydrogen-bond donors (Lipinski definition) is 16. The van der Waals surface area contributed by atoms with Crippen LogP contribution in [0.15, 0.2) is 18.2 Å². The number of aliphatic carboxylic acids is 3. The van der Waals surface area contributed by atoms with Crippen LogP contribution in [0.5, 0.6) is 0 Å². The van der Waals surface area contributed by atoms with E-state index >= 15 is 0 Å². The molecule has 33 nitrogen and oxygen atoms in total. The van der Waals surface area contributed by atoms with Crippen LogP contribution < -0.4 is 58.5 Å².